The highest BCUT2D eigenvalue weighted by Crippen LogP contribution is 2.06. The van der Waals surface area contributed by atoms with Crippen LogP contribution in [0.2, 0.25) is 0 Å². The normalized spacial score (nSPS) is 12.9. The van der Waals surface area contributed by atoms with Gasteiger partial charge in [0.2, 0.25) is 0 Å². The molecule has 0 fully saturated rings. The number of aliphatic hydroxyl groups excluding tert-OH is 1. The Morgan fingerprint density at radius 2 is 1.67 bits per heavy atom. The summed E-state index contributed by atoms with van der Waals surface area (Å²) in [6, 6.07) is 8.42. The third kappa shape index (κ3) is 2.67. The van der Waals surface area contributed by atoms with Crippen molar-refractivity contribution in [1.82, 2.24) is 0 Å². The standard InChI is InChI=1S/C11H16O/c1-3-10-4-6-11(7-5-10)8-9(2)12/h4-7,9,12H,3,8H2,1-2H3. The molecule has 0 saturated carbocycles. The Kier molecular flexibility index (Phi) is 3.30. The summed E-state index contributed by atoms with van der Waals surface area (Å²) < 4.78 is 0. The van der Waals surface area contributed by atoms with Crippen LogP contribution in [0.1, 0.15) is 25.0 Å². The molecule has 0 aliphatic carbocycles. The van der Waals surface area contributed by atoms with Gasteiger partial charge in [0.05, 0.1) is 6.10 Å². The van der Waals surface area contributed by atoms with Crippen LogP contribution < -0.4 is 0 Å². The first-order valence-electron chi connectivity index (χ1n) is 4.48. The summed E-state index contributed by atoms with van der Waals surface area (Å²) in [4.78, 5) is 0. The van der Waals surface area contributed by atoms with Gasteiger partial charge in [-0.1, -0.05) is 31.2 Å². The van der Waals surface area contributed by atoms with Crippen molar-refractivity contribution in [3.05, 3.63) is 35.4 Å². The van der Waals surface area contributed by atoms with Gasteiger partial charge in [0.25, 0.3) is 0 Å². The van der Waals surface area contributed by atoms with Gasteiger partial charge in [-0.3, -0.25) is 0 Å². The van der Waals surface area contributed by atoms with Gasteiger partial charge < -0.3 is 5.11 Å². The van der Waals surface area contributed by atoms with Crippen LogP contribution in [-0.4, -0.2) is 11.2 Å². The van der Waals surface area contributed by atoms with Crippen LogP contribution in [0.5, 0.6) is 0 Å². The molecule has 1 atom stereocenters. The molecule has 66 valence electrons. The van der Waals surface area contributed by atoms with Gasteiger partial charge >= 0.3 is 0 Å². The van der Waals surface area contributed by atoms with Crippen LogP contribution in [0, 0.1) is 0 Å². The fraction of sp³-hybridized carbons (Fsp3) is 0.455. The van der Waals surface area contributed by atoms with E-state index in [0.29, 0.717) is 0 Å². The van der Waals surface area contributed by atoms with Gasteiger partial charge in [0.1, 0.15) is 0 Å². The number of benzene rings is 1. The monoisotopic (exact) mass is 164 g/mol. The molecule has 0 aliphatic heterocycles. The molecule has 0 spiro atoms. The van der Waals surface area contributed by atoms with Gasteiger partial charge in [-0.2, -0.15) is 0 Å². The number of aliphatic hydroxyl groups is 1. The van der Waals surface area contributed by atoms with Crippen LogP contribution in [0.3, 0.4) is 0 Å². The molecule has 1 heteroatoms. The Morgan fingerprint density at radius 3 is 2.08 bits per heavy atom. The molecule has 0 heterocycles. The predicted octanol–water partition coefficient (Wildman–Crippen LogP) is 2.17. The Hall–Kier alpha value is -0.820. The molecule has 1 aromatic carbocycles. The second kappa shape index (κ2) is 4.27. The highest BCUT2D eigenvalue weighted by molar-refractivity contribution is 5.22. The minimum atomic E-state index is -0.238. The van der Waals surface area contributed by atoms with E-state index in [0.717, 1.165) is 12.8 Å². The minimum Gasteiger partial charge on any atom is -0.393 e. The predicted molar refractivity (Wildman–Crippen MR) is 51.2 cm³/mol. The maximum atomic E-state index is 9.13. The third-order valence-electron chi connectivity index (χ3n) is 1.96. The van der Waals surface area contributed by atoms with Crippen molar-refractivity contribution in [3.8, 4) is 0 Å². The smallest absolute Gasteiger partial charge is 0.0552 e. The average molecular weight is 164 g/mol. The molecule has 1 rings (SSSR count). The Labute approximate surface area is 74.1 Å². The number of hydrogen-bond donors (Lipinski definition) is 1. The molecule has 0 aliphatic rings. The van der Waals surface area contributed by atoms with E-state index in [2.05, 4.69) is 31.2 Å². The van der Waals surface area contributed by atoms with E-state index >= 15 is 0 Å². The molecule has 1 N–H and O–H groups in total. The Balaban J connectivity index is 2.65. The lowest BCUT2D eigenvalue weighted by molar-refractivity contribution is 0.195. The van der Waals surface area contributed by atoms with E-state index in [1.54, 1.807) is 0 Å². The lowest BCUT2D eigenvalue weighted by atomic mass is 10.1. The molecule has 0 aromatic heterocycles. The first-order valence-corrected chi connectivity index (χ1v) is 4.48. The van der Waals surface area contributed by atoms with Gasteiger partial charge in [0, 0.05) is 0 Å². The fourth-order valence-corrected chi connectivity index (χ4v) is 1.25. The van der Waals surface area contributed by atoms with Crippen molar-refractivity contribution in [2.45, 2.75) is 32.8 Å². The maximum Gasteiger partial charge on any atom is 0.0552 e. The number of hydrogen-bond acceptors (Lipinski definition) is 1. The minimum absolute atomic E-state index is 0.238. The van der Waals surface area contributed by atoms with Crippen LogP contribution in [0.25, 0.3) is 0 Å². The van der Waals surface area contributed by atoms with E-state index in [1.807, 2.05) is 6.92 Å². The zero-order valence-electron chi connectivity index (χ0n) is 7.75. The van der Waals surface area contributed by atoms with Crippen molar-refractivity contribution in [1.29, 1.82) is 0 Å². The first-order chi connectivity index (χ1) is 5.72. The summed E-state index contributed by atoms with van der Waals surface area (Å²) in [5.41, 5.74) is 2.56. The molecule has 1 aromatic rings. The molecule has 0 saturated heterocycles. The van der Waals surface area contributed by atoms with Crippen LogP contribution in [0.4, 0.5) is 0 Å². The van der Waals surface area contributed by atoms with E-state index in [4.69, 9.17) is 5.11 Å². The van der Waals surface area contributed by atoms with Gasteiger partial charge in [-0.15, -0.1) is 0 Å². The van der Waals surface area contributed by atoms with E-state index < -0.39 is 0 Å². The van der Waals surface area contributed by atoms with Gasteiger partial charge in [-0.25, -0.2) is 0 Å². The summed E-state index contributed by atoms with van der Waals surface area (Å²) in [6.07, 6.45) is 1.59. The molecule has 1 nitrogen and oxygen atoms in total. The van der Waals surface area contributed by atoms with E-state index in [-0.39, 0.29) is 6.10 Å². The molecule has 1 unspecified atom stereocenters. The second-order valence-electron chi connectivity index (χ2n) is 3.22. The van der Waals surface area contributed by atoms with E-state index in [1.165, 1.54) is 11.1 Å². The number of aryl methyl sites for hydroxylation is 1. The van der Waals surface area contributed by atoms with Crippen LogP contribution >= 0.6 is 0 Å². The quantitative estimate of drug-likeness (QED) is 0.726. The van der Waals surface area contributed by atoms with Gasteiger partial charge in [-0.05, 0) is 30.9 Å². The molecule has 0 amide bonds. The van der Waals surface area contributed by atoms with Crippen LogP contribution in [-0.2, 0) is 12.8 Å². The molecule has 0 bridgehead atoms. The van der Waals surface area contributed by atoms with Gasteiger partial charge in [0.15, 0.2) is 0 Å². The van der Waals surface area contributed by atoms with Crippen molar-refractivity contribution in [2.75, 3.05) is 0 Å². The van der Waals surface area contributed by atoms with Crippen LogP contribution in [0.15, 0.2) is 24.3 Å². The topological polar surface area (TPSA) is 20.2 Å². The Bertz CT molecular complexity index is 223. The highest BCUT2D eigenvalue weighted by atomic mass is 16.3. The lowest BCUT2D eigenvalue weighted by Gasteiger charge is -2.04. The average Bonchev–Trinajstić information content (AvgIpc) is 2.05. The summed E-state index contributed by atoms with van der Waals surface area (Å²) in [5.74, 6) is 0. The largest absolute Gasteiger partial charge is 0.393 e. The molecule has 12 heavy (non-hydrogen) atoms. The lowest BCUT2D eigenvalue weighted by Crippen LogP contribution is -2.03. The zero-order chi connectivity index (χ0) is 8.97. The fourth-order valence-electron chi connectivity index (χ4n) is 1.25. The van der Waals surface area contributed by atoms with Crippen molar-refractivity contribution in [2.24, 2.45) is 0 Å². The SMILES string of the molecule is CCc1ccc(CC(C)O)cc1. The molecular formula is C11H16O. The van der Waals surface area contributed by atoms with Crippen molar-refractivity contribution in [3.63, 3.8) is 0 Å². The summed E-state index contributed by atoms with van der Waals surface area (Å²) in [6.45, 7) is 3.96. The summed E-state index contributed by atoms with van der Waals surface area (Å²) in [7, 11) is 0. The molecule has 0 radical (unpaired) electrons. The second-order valence-corrected chi connectivity index (χ2v) is 3.22. The Morgan fingerprint density at radius 1 is 1.17 bits per heavy atom. The summed E-state index contributed by atoms with van der Waals surface area (Å²) >= 11 is 0. The highest BCUT2D eigenvalue weighted by Gasteiger charge is 1.97. The number of rotatable bonds is 3. The maximum absolute atomic E-state index is 9.13. The van der Waals surface area contributed by atoms with Crippen molar-refractivity contribution < 1.29 is 5.11 Å². The first kappa shape index (κ1) is 9.27. The zero-order valence-corrected chi connectivity index (χ0v) is 7.75. The third-order valence-corrected chi connectivity index (χ3v) is 1.96. The van der Waals surface area contributed by atoms with E-state index in [9.17, 15) is 0 Å². The summed E-state index contributed by atoms with van der Waals surface area (Å²) in [5, 5.41) is 9.13. The van der Waals surface area contributed by atoms with Crippen molar-refractivity contribution >= 4 is 0 Å². The molecular weight excluding hydrogens is 148 g/mol.